The second-order valence-corrected chi connectivity index (χ2v) is 4.95. The van der Waals surface area contributed by atoms with E-state index in [1.165, 1.54) is 17.3 Å². The number of hydrogen-bond acceptors (Lipinski definition) is 2. The van der Waals surface area contributed by atoms with E-state index in [1.807, 2.05) is 18.4 Å². The van der Waals surface area contributed by atoms with Crippen LogP contribution in [-0.4, -0.2) is 9.55 Å². The Morgan fingerprint density at radius 3 is 2.63 bits per heavy atom. The Morgan fingerprint density at radius 2 is 1.89 bits per heavy atom. The zero-order valence-electron chi connectivity index (χ0n) is 11.8. The molecule has 19 heavy (non-hydrogen) atoms. The predicted molar refractivity (Wildman–Crippen MR) is 77.5 cm³/mol. The molecule has 0 atom stereocenters. The molecule has 3 nitrogen and oxygen atoms in total. The first-order valence-corrected chi connectivity index (χ1v) is 6.67. The van der Waals surface area contributed by atoms with E-state index >= 15 is 0 Å². The van der Waals surface area contributed by atoms with Gasteiger partial charge in [-0.3, -0.25) is 9.78 Å². The molecule has 3 heteroatoms. The van der Waals surface area contributed by atoms with Crippen LogP contribution in [0.3, 0.4) is 0 Å². The normalized spacial score (nSPS) is 10.7. The summed E-state index contributed by atoms with van der Waals surface area (Å²) in [4.78, 5) is 15.9. The lowest BCUT2D eigenvalue weighted by molar-refractivity contribution is 0.597. The molecule has 1 heterocycles. The standard InChI is InChI=1S/C16H20N2O/c1-12-7-4-5-8-15(12)9-6-10-18-14(3)13(2)17-11-16(18)19/h4-5,7-8,11H,6,9-10H2,1-3H3. The first kappa shape index (κ1) is 13.5. The van der Waals surface area contributed by atoms with Gasteiger partial charge in [0.05, 0.1) is 11.9 Å². The number of aryl methyl sites for hydroxylation is 3. The maximum Gasteiger partial charge on any atom is 0.269 e. The summed E-state index contributed by atoms with van der Waals surface area (Å²) in [5.41, 5.74) is 4.57. The summed E-state index contributed by atoms with van der Waals surface area (Å²) in [6.45, 7) is 6.77. The summed E-state index contributed by atoms with van der Waals surface area (Å²) < 4.78 is 1.82. The van der Waals surface area contributed by atoms with Crippen LogP contribution in [0.4, 0.5) is 0 Å². The van der Waals surface area contributed by atoms with E-state index in [1.54, 1.807) is 0 Å². The van der Waals surface area contributed by atoms with Crippen LogP contribution in [-0.2, 0) is 13.0 Å². The molecule has 0 radical (unpaired) electrons. The van der Waals surface area contributed by atoms with Crippen molar-refractivity contribution < 1.29 is 0 Å². The van der Waals surface area contributed by atoms with Gasteiger partial charge in [-0.25, -0.2) is 0 Å². The van der Waals surface area contributed by atoms with Gasteiger partial charge < -0.3 is 4.57 Å². The van der Waals surface area contributed by atoms with E-state index in [2.05, 4.69) is 36.2 Å². The average Bonchev–Trinajstić information content (AvgIpc) is 2.40. The Bertz CT molecular complexity index is 629. The summed E-state index contributed by atoms with van der Waals surface area (Å²) in [6.07, 6.45) is 3.38. The fourth-order valence-electron chi connectivity index (χ4n) is 2.27. The Morgan fingerprint density at radius 1 is 1.16 bits per heavy atom. The third-order valence-electron chi connectivity index (χ3n) is 3.65. The van der Waals surface area contributed by atoms with Crippen molar-refractivity contribution in [3.8, 4) is 0 Å². The third kappa shape index (κ3) is 3.11. The molecule has 0 aliphatic heterocycles. The van der Waals surface area contributed by atoms with Crippen molar-refractivity contribution >= 4 is 0 Å². The number of rotatable bonds is 4. The van der Waals surface area contributed by atoms with E-state index in [0.717, 1.165) is 30.8 Å². The molecule has 2 rings (SSSR count). The number of hydrogen-bond donors (Lipinski definition) is 0. The number of aromatic nitrogens is 2. The molecule has 0 unspecified atom stereocenters. The molecular formula is C16H20N2O. The molecule has 100 valence electrons. The van der Waals surface area contributed by atoms with Gasteiger partial charge in [0, 0.05) is 12.2 Å². The molecule has 0 saturated heterocycles. The van der Waals surface area contributed by atoms with Gasteiger partial charge in [-0.05, 0) is 44.7 Å². The molecule has 1 aromatic carbocycles. The first-order valence-electron chi connectivity index (χ1n) is 6.67. The summed E-state index contributed by atoms with van der Waals surface area (Å²) in [6, 6.07) is 8.40. The molecule has 2 aromatic rings. The van der Waals surface area contributed by atoms with Crippen LogP contribution in [0.2, 0.25) is 0 Å². The van der Waals surface area contributed by atoms with Crippen molar-refractivity contribution in [2.45, 2.75) is 40.2 Å². The van der Waals surface area contributed by atoms with Gasteiger partial charge in [-0.15, -0.1) is 0 Å². The lowest BCUT2D eigenvalue weighted by Gasteiger charge is -2.11. The highest BCUT2D eigenvalue weighted by molar-refractivity contribution is 5.25. The zero-order chi connectivity index (χ0) is 13.8. The van der Waals surface area contributed by atoms with Crippen LogP contribution in [0.15, 0.2) is 35.3 Å². The van der Waals surface area contributed by atoms with E-state index in [4.69, 9.17) is 0 Å². The summed E-state index contributed by atoms with van der Waals surface area (Å²) in [5, 5.41) is 0. The molecular weight excluding hydrogens is 236 g/mol. The first-order chi connectivity index (χ1) is 9.09. The Kier molecular flexibility index (Phi) is 4.15. The fourth-order valence-corrected chi connectivity index (χ4v) is 2.27. The van der Waals surface area contributed by atoms with Crippen molar-refractivity contribution in [1.82, 2.24) is 9.55 Å². The molecule has 0 bridgehead atoms. The smallest absolute Gasteiger partial charge is 0.269 e. The average molecular weight is 256 g/mol. The molecule has 0 aliphatic rings. The van der Waals surface area contributed by atoms with Crippen LogP contribution >= 0.6 is 0 Å². The number of benzene rings is 1. The molecule has 0 saturated carbocycles. The molecule has 0 aliphatic carbocycles. The van der Waals surface area contributed by atoms with Gasteiger partial charge in [0.25, 0.3) is 5.56 Å². The van der Waals surface area contributed by atoms with Crippen LogP contribution < -0.4 is 5.56 Å². The highest BCUT2D eigenvalue weighted by Crippen LogP contribution is 2.10. The summed E-state index contributed by atoms with van der Waals surface area (Å²) >= 11 is 0. The van der Waals surface area contributed by atoms with Gasteiger partial charge in [0.15, 0.2) is 0 Å². The van der Waals surface area contributed by atoms with E-state index in [0.29, 0.717) is 0 Å². The SMILES string of the molecule is Cc1ccccc1CCCn1c(C)c(C)ncc1=O. The van der Waals surface area contributed by atoms with Gasteiger partial charge in [0.1, 0.15) is 0 Å². The largest absolute Gasteiger partial charge is 0.310 e. The predicted octanol–water partition coefficient (Wildman–Crippen LogP) is 2.80. The Labute approximate surface area is 113 Å². The fraction of sp³-hybridized carbons (Fsp3) is 0.375. The lowest BCUT2D eigenvalue weighted by Crippen LogP contribution is -2.23. The zero-order valence-corrected chi connectivity index (χ0v) is 11.8. The Hall–Kier alpha value is -1.90. The highest BCUT2D eigenvalue weighted by Gasteiger charge is 2.04. The molecule has 0 fully saturated rings. The van der Waals surface area contributed by atoms with Crippen LogP contribution in [0, 0.1) is 20.8 Å². The van der Waals surface area contributed by atoms with E-state index < -0.39 is 0 Å². The minimum Gasteiger partial charge on any atom is -0.310 e. The van der Waals surface area contributed by atoms with E-state index in [-0.39, 0.29) is 5.56 Å². The maximum absolute atomic E-state index is 11.8. The molecule has 1 aromatic heterocycles. The third-order valence-corrected chi connectivity index (χ3v) is 3.65. The van der Waals surface area contributed by atoms with Crippen LogP contribution in [0.5, 0.6) is 0 Å². The van der Waals surface area contributed by atoms with Gasteiger partial charge >= 0.3 is 0 Å². The number of nitrogens with zero attached hydrogens (tertiary/aromatic N) is 2. The van der Waals surface area contributed by atoms with E-state index in [9.17, 15) is 4.79 Å². The molecule has 0 amide bonds. The van der Waals surface area contributed by atoms with Gasteiger partial charge in [-0.1, -0.05) is 24.3 Å². The molecule has 0 N–H and O–H groups in total. The highest BCUT2D eigenvalue weighted by atomic mass is 16.1. The molecule has 0 spiro atoms. The van der Waals surface area contributed by atoms with Crippen LogP contribution in [0.1, 0.15) is 28.9 Å². The maximum atomic E-state index is 11.8. The summed E-state index contributed by atoms with van der Waals surface area (Å²) in [7, 11) is 0. The van der Waals surface area contributed by atoms with Crippen LogP contribution in [0.25, 0.3) is 0 Å². The van der Waals surface area contributed by atoms with Gasteiger partial charge in [-0.2, -0.15) is 0 Å². The van der Waals surface area contributed by atoms with Crippen molar-refractivity contribution in [3.05, 3.63) is 63.3 Å². The summed E-state index contributed by atoms with van der Waals surface area (Å²) in [5.74, 6) is 0. The second kappa shape index (κ2) is 5.83. The second-order valence-electron chi connectivity index (χ2n) is 4.95. The van der Waals surface area contributed by atoms with Gasteiger partial charge in [0.2, 0.25) is 0 Å². The Balaban J connectivity index is 2.06. The van der Waals surface area contributed by atoms with Crippen molar-refractivity contribution in [2.75, 3.05) is 0 Å². The quantitative estimate of drug-likeness (QED) is 0.843. The lowest BCUT2D eigenvalue weighted by atomic mass is 10.0. The van der Waals surface area contributed by atoms with Crippen molar-refractivity contribution in [3.63, 3.8) is 0 Å². The van der Waals surface area contributed by atoms with Crippen molar-refractivity contribution in [1.29, 1.82) is 0 Å². The topological polar surface area (TPSA) is 34.9 Å². The minimum atomic E-state index is -0.00659. The monoisotopic (exact) mass is 256 g/mol. The minimum absolute atomic E-state index is 0.00659. The van der Waals surface area contributed by atoms with Crippen molar-refractivity contribution in [2.24, 2.45) is 0 Å².